The van der Waals surface area contributed by atoms with Crippen molar-refractivity contribution in [1.82, 2.24) is 20.2 Å². The molecule has 4 rings (SSSR count). The van der Waals surface area contributed by atoms with Gasteiger partial charge in [0, 0.05) is 56.1 Å². The molecule has 0 radical (unpaired) electrons. The lowest BCUT2D eigenvalue weighted by atomic mass is 10.0. The molecule has 0 unspecified atom stereocenters. The van der Waals surface area contributed by atoms with Crippen LogP contribution in [0, 0.1) is 0 Å². The van der Waals surface area contributed by atoms with Gasteiger partial charge < -0.3 is 15.0 Å². The molecule has 1 aliphatic heterocycles. The molecule has 1 fully saturated rings. The van der Waals surface area contributed by atoms with Gasteiger partial charge in [0.05, 0.1) is 4.90 Å². The van der Waals surface area contributed by atoms with Crippen molar-refractivity contribution in [2.24, 2.45) is 0 Å². The number of nitrogens with zero attached hydrogens (tertiary/aromatic N) is 3. The largest absolute Gasteiger partial charge is 0.460 e. The molecule has 3 aromatic rings. The third-order valence-electron chi connectivity index (χ3n) is 5.64. The van der Waals surface area contributed by atoms with E-state index in [1.54, 1.807) is 47.6 Å². The summed E-state index contributed by atoms with van der Waals surface area (Å²) >= 11 is 6.46. The molecule has 1 N–H and O–H groups in total. The van der Waals surface area contributed by atoms with Crippen LogP contribution < -0.4 is 10.1 Å². The van der Waals surface area contributed by atoms with E-state index < -0.39 is 9.84 Å². The maximum absolute atomic E-state index is 12.6. The first-order valence-electron chi connectivity index (χ1n) is 10.8. The Hall–Kier alpha value is -3.17. The third kappa shape index (κ3) is 6.03. The molecule has 8 nitrogen and oxygen atoms in total. The molecule has 0 aliphatic carbocycles. The van der Waals surface area contributed by atoms with E-state index in [0.717, 1.165) is 16.7 Å². The number of likely N-dealkylation sites (tertiary alicyclic amines) is 1. The van der Waals surface area contributed by atoms with Crippen LogP contribution in [0.1, 0.15) is 18.4 Å². The Morgan fingerprint density at radius 3 is 2.35 bits per heavy atom. The second-order valence-electron chi connectivity index (χ2n) is 8.10. The molecule has 1 aromatic heterocycles. The number of hydrogen-bond donors (Lipinski definition) is 1. The summed E-state index contributed by atoms with van der Waals surface area (Å²) in [5.41, 5.74) is 2.52. The van der Waals surface area contributed by atoms with Crippen molar-refractivity contribution in [2.75, 3.05) is 19.3 Å². The molecule has 1 saturated heterocycles. The predicted octanol–water partition coefficient (Wildman–Crippen LogP) is 3.95. The van der Waals surface area contributed by atoms with E-state index in [1.165, 1.54) is 6.26 Å². The maximum Gasteiger partial charge on any atom is 0.317 e. The van der Waals surface area contributed by atoms with E-state index in [1.807, 2.05) is 18.2 Å². The zero-order chi connectivity index (χ0) is 24.1. The first kappa shape index (κ1) is 24.0. The van der Waals surface area contributed by atoms with Crippen LogP contribution in [-0.2, 0) is 16.4 Å². The molecule has 34 heavy (non-hydrogen) atoms. The number of nitrogens with one attached hydrogen (secondary N) is 1. The number of carbonyl (C=O) groups excluding carboxylic acids is 1. The van der Waals surface area contributed by atoms with Gasteiger partial charge >= 0.3 is 12.0 Å². The number of halogens is 1. The SMILES string of the molecule is CS(=O)(=O)c1ccc(-c2ccc(CNC(=O)N3CCC(Oc4ncccn4)CC3)c(Cl)c2)cc1. The van der Waals surface area contributed by atoms with E-state index in [-0.39, 0.29) is 17.0 Å². The van der Waals surface area contributed by atoms with Gasteiger partial charge in [-0.15, -0.1) is 0 Å². The average molecular weight is 501 g/mol. The first-order chi connectivity index (χ1) is 16.3. The van der Waals surface area contributed by atoms with Gasteiger partial charge in [0.2, 0.25) is 0 Å². The monoisotopic (exact) mass is 500 g/mol. The van der Waals surface area contributed by atoms with E-state index in [0.29, 0.717) is 43.5 Å². The van der Waals surface area contributed by atoms with E-state index in [9.17, 15) is 13.2 Å². The minimum absolute atomic E-state index is 0.0139. The first-order valence-corrected chi connectivity index (χ1v) is 13.1. The second-order valence-corrected chi connectivity index (χ2v) is 10.5. The summed E-state index contributed by atoms with van der Waals surface area (Å²) < 4.78 is 29.1. The predicted molar refractivity (Wildman–Crippen MR) is 129 cm³/mol. The van der Waals surface area contributed by atoms with Crippen LogP contribution in [0.15, 0.2) is 65.8 Å². The van der Waals surface area contributed by atoms with Crippen molar-refractivity contribution in [2.45, 2.75) is 30.4 Å². The Labute approximate surface area is 203 Å². The van der Waals surface area contributed by atoms with Gasteiger partial charge in [0.25, 0.3) is 0 Å². The summed E-state index contributed by atoms with van der Waals surface area (Å²) in [4.78, 5) is 22.8. The number of ether oxygens (including phenoxy) is 1. The molecule has 2 heterocycles. The normalized spacial score (nSPS) is 14.6. The van der Waals surface area contributed by atoms with Crippen molar-refractivity contribution in [3.05, 3.63) is 71.5 Å². The molecule has 2 aromatic carbocycles. The van der Waals surface area contributed by atoms with E-state index in [2.05, 4.69) is 15.3 Å². The fraction of sp³-hybridized carbons (Fsp3) is 0.292. The number of piperidine rings is 1. The van der Waals surface area contributed by atoms with Crippen molar-refractivity contribution < 1.29 is 17.9 Å². The molecule has 0 bridgehead atoms. The van der Waals surface area contributed by atoms with Crippen LogP contribution in [-0.4, -0.2) is 54.8 Å². The second kappa shape index (κ2) is 10.4. The number of carbonyl (C=O) groups is 1. The molecule has 2 amide bonds. The number of hydrogen-bond acceptors (Lipinski definition) is 6. The van der Waals surface area contributed by atoms with Gasteiger partial charge in [0.1, 0.15) is 6.10 Å². The summed E-state index contributed by atoms with van der Waals surface area (Å²) in [7, 11) is -3.24. The third-order valence-corrected chi connectivity index (χ3v) is 7.12. The fourth-order valence-corrected chi connectivity index (χ4v) is 4.60. The highest BCUT2D eigenvalue weighted by Crippen LogP contribution is 2.27. The number of benzene rings is 2. The van der Waals surface area contributed by atoms with Crippen LogP contribution in [0.5, 0.6) is 6.01 Å². The number of sulfone groups is 1. The van der Waals surface area contributed by atoms with Crippen LogP contribution in [0.25, 0.3) is 11.1 Å². The summed E-state index contributed by atoms with van der Waals surface area (Å²) in [5, 5.41) is 3.46. The highest BCUT2D eigenvalue weighted by Gasteiger charge is 2.24. The quantitative estimate of drug-likeness (QED) is 0.550. The lowest BCUT2D eigenvalue weighted by molar-refractivity contribution is 0.103. The molecule has 1 aliphatic rings. The van der Waals surface area contributed by atoms with Crippen molar-refractivity contribution in [1.29, 1.82) is 0 Å². The summed E-state index contributed by atoms with van der Waals surface area (Å²) in [6, 6.07) is 14.2. The molecular weight excluding hydrogens is 476 g/mol. The van der Waals surface area contributed by atoms with Crippen LogP contribution in [0.2, 0.25) is 5.02 Å². The molecule has 0 saturated carbocycles. The van der Waals surface area contributed by atoms with Crippen molar-refractivity contribution in [3.63, 3.8) is 0 Å². The molecule has 178 valence electrons. The van der Waals surface area contributed by atoms with Crippen LogP contribution in [0.3, 0.4) is 0 Å². The summed E-state index contributed by atoms with van der Waals surface area (Å²) in [6.45, 7) is 1.47. The van der Waals surface area contributed by atoms with Gasteiger partial charge in [-0.25, -0.2) is 23.2 Å². The Balaban J connectivity index is 1.29. The Bertz CT molecular complexity index is 1250. The minimum Gasteiger partial charge on any atom is -0.460 e. The van der Waals surface area contributed by atoms with Gasteiger partial charge in [-0.2, -0.15) is 0 Å². The number of amides is 2. The Morgan fingerprint density at radius 1 is 1.09 bits per heavy atom. The number of urea groups is 1. The lowest BCUT2D eigenvalue weighted by Crippen LogP contribution is -2.46. The van der Waals surface area contributed by atoms with Gasteiger partial charge in [-0.1, -0.05) is 35.9 Å². The Morgan fingerprint density at radius 2 is 1.74 bits per heavy atom. The summed E-state index contributed by atoms with van der Waals surface area (Å²) in [5.74, 6) is 0. The van der Waals surface area contributed by atoms with Gasteiger partial charge in [-0.3, -0.25) is 0 Å². The highest BCUT2D eigenvalue weighted by molar-refractivity contribution is 7.90. The van der Waals surface area contributed by atoms with E-state index >= 15 is 0 Å². The minimum atomic E-state index is -3.24. The maximum atomic E-state index is 12.6. The smallest absolute Gasteiger partial charge is 0.317 e. The lowest BCUT2D eigenvalue weighted by Gasteiger charge is -2.31. The summed E-state index contributed by atoms with van der Waals surface area (Å²) in [6.07, 6.45) is 5.85. The topological polar surface area (TPSA) is 101 Å². The van der Waals surface area contributed by atoms with Crippen molar-refractivity contribution in [3.8, 4) is 17.1 Å². The zero-order valence-electron chi connectivity index (χ0n) is 18.6. The molecule has 10 heteroatoms. The van der Waals surface area contributed by atoms with Crippen LogP contribution >= 0.6 is 11.6 Å². The number of rotatable bonds is 6. The molecule has 0 atom stereocenters. The van der Waals surface area contributed by atoms with Crippen molar-refractivity contribution >= 4 is 27.5 Å². The standard InChI is InChI=1S/C24H25ClN4O4S/c1-34(31,32)21-7-5-17(6-8-21)18-3-4-19(22(25)15-18)16-28-24(30)29-13-9-20(10-14-29)33-23-26-11-2-12-27-23/h2-8,11-12,15,20H,9-10,13-14,16H2,1H3,(H,28,30). The Kier molecular flexibility index (Phi) is 7.33. The fourth-order valence-electron chi connectivity index (χ4n) is 3.72. The average Bonchev–Trinajstić information content (AvgIpc) is 2.84. The zero-order valence-corrected chi connectivity index (χ0v) is 20.2. The van der Waals surface area contributed by atoms with Gasteiger partial charge in [-0.05, 0) is 41.0 Å². The van der Waals surface area contributed by atoms with E-state index in [4.69, 9.17) is 16.3 Å². The van der Waals surface area contributed by atoms with Crippen LogP contribution in [0.4, 0.5) is 4.79 Å². The number of aromatic nitrogens is 2. The molecular formula is C24H25ClN4O4S. The van der Waals surface area contributed by atoms with Gasteiger partial charge in [0.15, 0.2) is 9.84 Å². The highest BCUT2D eigenvalue weighted by atomic mass is 35.5. The molecule has 0 spiro atoms.